The number of ether oxygens (including phenoxy) is 1. The van der Waals surface area contributed by atoms with Crippen molar-refractivity contribution in [3.63, 3.8) is 0 Å². The lowest BCUT2D eigenvalue weighted by atomic mass is 10.1. The van der Waals surface area contributed by atoms with Gasteiger partial charge in [0.25, 0.3) is 0 Å². The molecular weight excluding hydrogens is 421 g/mol. The van der Waals surface area contributed by atoms with Crippen molar-refractivity contribution < 1.29 is 22.7 Å². The van der Waals surface area contributed by atoms with Crippen LogP contribution in [0.3, 0.4) is 0 Å². The Morgan fingerprint density at radius 1 is 0.969 bits per heavy atom. The molecule has 9 heteroatoms. The fraction of sp³-hybridized carbons (Fsp3) is 0.0870. The minimum Gasteiger partial charge on any atom is -0.439 e. The minimum atomic E-state index is -4.45. The number of anilines is 1. The Balaban J connectivity index is 1.37. The average molecular weight is 438 g/mol. The molecule has 0 aliphatic rings. The van der Waals surface area contributed by atoms with E-state index in [4.69, 9.17) is 4.74 Å². The van der Waals surface area contributed by atoms with Crippen molar-refractivity contribution in [2.24, 2.45) is 0 Å². The molecule has 0 saturated heterocycles. The molecule has 32 heavy (non-hydrogen) atoms. The van der Waals surface area contributed by atoms with E-state index in [0.717, 1.165) is 12.1 Å². The monoisotopic (exact) mass is 438 g/mol. The van der Waals surface area contributed by atoms with Gasteiger partial charge in [0.2, 0.25) is 11.8 Å². The third kappa shape index (κ3) is 5.31. The van der Waals surface area contributed by atoms with Crippen molar-refractivity contribution in [2.45, 2.75) is 12.6 Å². The number of hydrogen-bond acceptors (Lipinski definition) is 4. The Morgan fingerprint density at radius 2 is 1.72 bits per heavy atom. The van der Waals surface area contributed by atoms with Crippen LogP contribution in [0, 0.1) is 0 Å². The van der Waals surface area contributed by atoms with Gasteiger partial charge >= 0.3 is 6.18 Å². The molecular formula is C23H17F3N4O2. The lowest BCUT2D eigenvalue weighted by molar-refractivity contribution is -0.137. The number of aromatic nitrogens is 3. The van der Waals surface area contributed by atoms with E-state index >= 15 is 0 Å². The van der Waals surface area contributed by atoms with Crippen LogP contribution in [0.1, 0.15) is 11.1 Å². The zero-order valence-corrected chi connectivity index (χ0v) is 16.6. The second-order valence-corrected chi connectivity index (χ2v) is 6.85. The summed E-state index contributed by atoms with van der Waals surface area (Å²) in [7, 11) is 0. The molecule has 6 nitrogen and oxygen atoms in total. The smallest absolute Gasteiger partial charge is 0.416 e. The van der Waals surface area contributed by atoms with E-state index in [1.54, 1.807) is 30.3 Å². The number of amides is 1. The highest BCUT2D eigenvalue weighted by molar-refractivity contribution is 5.92. The SMILES string of the molecule is O=C(Cc1cccc(C(F)(F)F)c1)Nc1ccc(Oc2cc(-n3cccc3)ncn2)cc1. The van der Waals surface area contributed by atoms with Gasteiger partial charge in [0.15, 0.2) is 0 Å². The highest BCUT2D eigenvalue weighted by Gasteiger charge is 2.30. The zero-order chi connectivity index (χ0) is 22.6. The molecule has 1 amide bonds. The first-order valence-corrected chi connectivity index (χ1v) is 9.56. The molecule has 2 heterocycles. The minimum absolute atomic E-state index is 0.175. The van der Waals surface area contributed by atoms with Crippen LogP contribution in [-0.2, 0) is 17.4 Å². The van der Waals surface area contributed by atoms with Crippen LogP contribution in [-0.4, -0.2) is 20.4 Å². The van der Waals surface area contributed by atoms with E-state index in [2.05, 4.69) is 15.3 Å². The zero-order valence-electron chi connectivity index (χ0n) is 16.6. The van der Waals surface area contributed by atoms with Crippen LogP contribution < -0.4 is 10.1 Å². The third-order valence-corrected chi connectivity index (χ3v) is 4.48. The molecule has 4 rings (SSSR count). The molecule has 0 radical (unpaired) electrons. The van der Waals surface area contributed by atoms with E-state index in [1.165, 1.54) is 18.5 Å². The van der Waals surface area contributed by atoms with E-state index < -0.39 is 17.6 Å². The van der Waals surface area contributed by atoms with E-state index in [-0.39, 0.29) is 12.0 Å². The quantitative estimate of drug-likeness (QED) is 0.446. The average Bonchev–Trinajstić information content (AvgIpc) is 3.30. The van der Waals surface area contributed by atoms with Gasteiger partial charge in [-0.15, -0.1) is 0 Å². The normalized spacial score (nSPS) is 11.2. The van der Waals surface area contributed by atoms with Crippen LogP contribution in [0.5, 0.6) is 11.6 Å². The fourth-order valence-corrected chi connectivity index (χ4v) is 2.99. The van der Waals surface area contributed by atoms with E-state index in [9.17, 15) is 18.0 Å². The number of rotatable bonds is 6. The van der Waals surface area contributed by atoms with Crippen LogP contribution in [0.25, 0.3) is 5.82 Å². The van der Waals surface area contributed by atoms with Crippen LogP contribution in [0.4, 0.5) is 18.9 Å². The summed E-state index contributed by atoms with van der Waals surface area (Å²) in [6.07, 6.45) is 0.471. The van der Waals surface area contributed by atoms with E-state index in [0.29, 0.717) is 23.1 Å². The highest BCUT2D eigenvalue weighted by atomic mass is 19.4. The topological polar surface area (TPSA) is 69.0 Å². The number of alkyl halides is 3. The van der Waals surface area contributed by atoms with Gasteiger partial charge in [-0.2, -0.15) is 13.2 Å². The second-order valence-electron chi connectivity index (χ2n) is 6.85. The number of carbonyl (C=O) groups is 1. The summed E-state index contributed by atoms with van der Waals surface area (Å²) < 4.78 is 46.0. The number of nitrogens with zero attached hydrogens (tertiary/aromatic N) is 3. The second kappa shape index (κ2) is 8.93. The lowest BCUT2D eigenvalue weighted by Gasteiger charge is -2.10. The first-order valence-electron chi connectivity index (χ1n) is 9.56. The number of carbonyl (C=O) groups excluding carboxylic acids is 1. The Kier molecular flexibility index (Phi) is 5.89. The molecule has 0 saturated carbocycles. The molecule has 2 aromatic heterocycles. The van der Waals surface area contributed by atoms with Crippen molar-refractivity contribution in [3.8, 4) is 17.4 Å². The third-order valence-electron chi connectivity index (χ3n) is 4.48. The predicted octanol–water partition coefficient (Wildman–Crippen LogP) is 5.26. The van der Waals surface area contributed by atoms with Crippen molar-refractivity contribution >= 4 is 11.6 Å². The van der Waals surface area contributed by atoms with Gasteiger partial charge in [-0.05, 0) is 48.0 Å². The van der Waals surface area contributed by atoms with Gasteiger partial charge < -0.3 is 14.6 Å². The van der Waals surface area contributed by atoms with Gasteiger partial charge in [0, 0.05) is 24.1 Å². The lowest BCUT2D eigenvalue weighted by Crippen LogP contribution is -2.15. The number of halogens is 3. The van der Waals surface area contributed by atoms with Crippen molar-refractivity contribution in [3.05, 3.63) is 96.6 Å². The van der Waals surface area contributed by atoms with Gasteiger partial charge in [0.05, 0.1) is 12.0 Å². The molecule has 0 bridgehead atoms. The Labute approximate surface area is 181 Å². The summed E-state index contributed by atoms with van der Waals surface area (Å²) in [5.74, 6) is 1.08. The summed E-state index contributed by atoms with van der Waals surface area (Å²) in [6, 6.07) is 16.7. The fourth-order valence-electron chi connectivity index (χ4n) is 2.99. The maximum absolute atomic E-state index is 12.8. The Hall–Kier alpha value is -4.14. The maximum Gasteiger partial charge on any atom is 0.416 e. The van der Waals surface area contributed by atoms with Crippen LogP contribution >= 0.6 is 0 Å². The van der Waals surface area contributed by atoms with Crippen molar-refractivity contribution in [1.29, 1.82) is 0 Å². The van der Waals surface area contributed by atoms with Gasteiger partial charge in [-0.3, -0.25) is 4.79 Å². The largest absolute Gasteiger partial charge is 0.439 e. The van der Waals surface area contributed by atoms with E-state index in [1.807, 2.05) is 29.1 Å². The summed E-state index contributed by atoms with van der Waals surface area (Å²) >= 11 is 0. The molecule has 0 spiro atoms. The summed E-state index contributed by atoms with van der Waals surface area (Å²) in [6.45, 7) is 0. The van der Waals surface area contributed by atoms with Crippen LogP contribution in [0.15, 0.2) is 85.5 Å². The van der Waals surface area contributed by atoms with Crippen molar-refractivity contribution in [2.75, 3.05) is 5.32 Å². The Bertz CT molecular complexity index is 1210. The molecule has 0 unspecified atom stereocenters. The summed E-state index contributed by atoms with van der Waals surface area (Å²) in [5.41, 5.74) is -0.0152. The maximum atomic E-state index is 12.8. The molecule has 2 aromatic carbocycles. The summed E-state index contributed by atoms with van der Waals surface area (Å²) in [5, 5.41) is 2.66. The number of nitrogens with one attached hydrogen (secondary N) is 1. The predicted molar refractivity (Wildman–Crippen MR) is 112 cm³/mol. The van der Waals surface area contributed by atoms with Crippen LogP contribution in [0.2, 0.25) is 0 Å². The molecule has 162 valence electrons. The first-order chi connectivity index (χ1) is 15.4. The van der Waals surface area contributed by atoms with Gasteiger partial charge in [0.1, 0.15) is 17.9 Å². The summed E-state index contributed by atoms with van der Waals surface area (Å²) in [4.78, 5) is 20.5. The molecule has 0 aliphatic heterocycles. The Morgan fingerprint density at radius 3 is 2.44 bits per heavy atom. The molecule has 1 N–H and O–H groups in total. The number of benzene rings is 2. The highest BCUT2D eigenvalue weighted by Crippen LogP contribution is 2.29. The molecule has 0 fully saturated rings. The molecule has 0 aliphatic carbocycles. The first kappa shape index (κ1) is 21.1. The van der Waals surface area contributed by atoms with Gasteiger partial charge in [-0.25, -0.2) is 9.97 Å². The van der Waals surface area contributed by atoms with Gasteiger partial charge in [-0.1, -0.05) is 18.2 Å². The number of hydrogen-bond donors (Lipinski definition) is 1. The molecule has 0 atom stereocenters. The molecule has 4 aromatic rings. The standard InChI is InChI=1S/C23H17F3N4O2/c24-23(25,26)17-5-3-4-16(12-17)13-21(31)29-18-6-8-19(9-7-18)32-22-14-20(27-15-28-22)30-10-1-2-11-30/h1-12,14-15H,13H2,(H,29,31). The van der Waals surface area contributed by atoms with Crippen molar-refractivity contribution in [1.82, 2.24) is 14.5 Å².